The average molecular weight is 410 g/mol. The molecular formula is C19H20ClNO7. The van der Waals surface area contributed by atoms with Gasteiger partial charge >= 0.3 is 5.97 Å². The van der Waals surface area contributed by atoms with Crippen molar-refractivity contribution in [1.82, 2.24) is 0 Å². The molecule has 0 aliphatic heterocycles. The summed E-state index contributed by atoms with van der Waals surface area (Å²) in [5.41, 5.74) is 0.396. The van der Waals surface area contributed by atoms with Crippen LogP contribution in [0.15, 0.2) is 36.4 Å². The van der Waals surface area contributed by atoms with Crippen LogP contribution in [0.25, 0.3) is 0 Å². The van der Waals surface area contributed by atoms with Gasteiger partial charge in [-0.15, -0.1) is 0 Å². The lowest BCUT2D eigenvalue weighted by Crippen LogP contribution is -2.23. The first-order valence-corrected chi connectivity index (χ1v) is 8.48. The molecule has 0 aliphatic carbocycles. The number of halogens is 1. The molecular weight excluding hydrogens is 390 g/mol. The number of amides is 1. The molecule has 0 unspecified atom stereocenters. The zero-order valence-corrected chi connectivity index (χ0v) is 16.4. The van der Waals surface area contributed by atoms with Gasteiger partial charge in [0, 0.05) is 22.8 Å². The van der Waals surface area contributed by atoms with Crippen LogP contribution in [0.3, 0.4) is 0 Å². The summed E-state index contributed by atoms with van der Waals surface area (Å²) in [6.07, 6.45) is 0. The largest absolute Gasteiger partial charge is 0.493 e. The molecule has 1 amide bonds. The van der Waals surface area contributed by atoms with Crippen LogP contribution in [0.2, 0.25) is 5.02 Å². The van der Waals surface area contributed by atoms with E-state index in [4.69, 9.17) is 35.3 Å². The molecule has 0 atom stereocenters. The highest BCUT2D eigenvalue weighted by Crippen LogP contribution is 2.39. The number of hydrogen-bond acceptors (Lipinski definition) is 7. The SMILES string of the molecule is COc1cc(NC(=O)COC(=O)COc2ccc(Cl)cc2)cc(OC)c1OC. The standard InChI is InChI=1S/C19H20ClNO7/c1-24-15-8-13(9-16(25-2)19(15)26-3)21-17(22)10-28-18(23)11-27-14-6-4-12(20)5-7-14/h4-9H,10-11H2,1-3H3,(H,21,22). The van der Waals surface area contributed by atoms with Crippen molar-refractivity contribution in [2.75, 3.05) is 39.9 Å². The molecule has 1 N–H and O–H groups in total. The van der Waals surface area contributed by atoms with E-state index in [0.29, 0.717) is 33.7 Å². The minimum Gasteiger partial charge on any atom is -0.493 e. The number of hydrogen-bond donors (Lipinski definition) is 1. The van der Waals surface area contributed by atoms with Gasteiger partial charge in [-0.2, -0.15) is 0 Å². The summed E-state index contributed by atoms with van der Waals surface area (Å²) in [7, 11) is 4.40. The Morgan fingerprint density at radius 3 is 2.07 bits per heavy atom. The van der Waals surface area contributed by atoms with Gasteiger partial charge in [0.2, 0.25) is 5.75 Å². The summed E-state index contributed by atoms with van der Waals surface area (Å²) in [4.78, 5) is 23.7. The third-order valence-electron chi connectivity index (χ3n) is 3.48. The first-order valence-electron chi connectivity index (χ1n) is 8.10. The molecule has 0 fully saturated rings. The molecule has 8 nitrogen and oxygen atoms in total. The Morgan fingerprint density at radius 2 is 1.54 bits per heavy atom. The van der Waals surface area contributed by atoms with Crippen LogP contribution in [0, 0.1) is 0 Å². The fraction of sp³-hybridized carbons (Fsp3) is 0.263. The second-order valence-electron chi connectivity index (χ2n) is 5.37. The lowest BCUT2D eigenvalue weighted by molar-refractivity contribution is -0.149. The Labute approximate surface area is 167 Å². The molecule has 0 saturated heterocycles. The van der Waals surface area contributed by atoms with E-state index in [9.17, 15) is 9.59 Å². The van der Waals surface area contributed by atoms with Crippen LogP contribution in [0.4, 0.5) is 5.69 Å². The van der Waals surface area contributed by atoms with Gasteiger partial charge in [0.25, 0.3) is 5.91 Å². The fourth-order valence-electron chi connectivity index (χ4n) is 2.21. The van der Waals surface area contributed by atoms with E-state index in [-0.39, 0.29) is 6.61 Å². The second-order valence-corrected chi connectivity index (χ2v) is 5.80. The summed E-state index contributed by atoms with van der Waals surface area (Å²) in [6, 6.07) is 9.62. The number of esters is 1. The molecule has 0 bridgehead atoms. The number of rotatable bonds is 9. The summed E-state index contributed by atoms with van der Waals surface area (Å²) in [6.45, 7) is -0.807. The van der Waals surface area contributed by atoms with Crippen molar-refractivity contribution in [3.8, 4) is 23.0 Å². The van der Waals surface area contributed by atoms with E-state index in [1.54, 1.807) is 36.4 Å². The van der Waals surface area contributed by atoms with Crippen LogP contribution in [0.5, 0.6) is 23.0 Å². The van der Waals surface area contributed by atoms with Gasteiger partial charge in [0.1, 0.15) is 5.75 Å². The summed E-state index contributed by atoms with van der Waals surface area (Å²) in [5.74, 6) is 0.400. The highest BCUT2D eigenvalue weighted by atomic mass is 35.5. The molecule has 0 aromatic heterocycles. The van der Waals surface area contributed by atoms with Crippen LogP contribution < -0.4 is 24.3 Å². The summed E-state index contributed by atoms with van der Waals surface area (Å²) >= 11 is 5.77. The van der Waals surface area contributed by atoms with Crippen molar-refractivity contribution in [3.63, 3.8) is 0 Å². The number of carbonyl (C=O) groups is 2. The molecule has 0 aliphatic rings. The highest BCUT2D eigenvalue weighted by Gasteiger charge is 2.15. The highest BCUT2D eigenvalue weighted by molar-refractivity contribution is 6.30. The van der Waals surface area contributed by atoms with Crippen molar-refractivity contribution < 1.29 is 33.3 Å². The van der Waals surface area contributed by atoms with E-state index >= 15 is 0 Å². The van der Waals surface area contributed by atoms with Crippen LogP contribution in [-0.4, -0.2) is 46.4 Å². The smallest absolute Gasteiger partial charge is 0.344 e. The van der Waals surface area contributed by atoms with Gasteiger partial charge in [-0.05, 0) is 24.3 Å². The zero-order chi connectivity index (χ0) is 20.5. The number of carbonyl (C=O) groups excluding carboxylic acids is 2. The van der Waals surface area contributed by atoms with Crippen LogP contribution >= 0.6 is 11.6 Å². The maximum atomic E-state index is 12.0. The third-order valence-corrected chi connectivity index (χ3v) is 3.74. The number of methoxy groups -OCH3 is 3. The van der Waals surface area contributed by atoms with Gasteiger partial charge < -0.3 is 29.0 Å². The molecule has 2 aromatic carbocycles. The summed E-state index contributed by atoms with van der Waals surface area (Å²) in [5, 5.41) is 3.14. The van der Waals surface area contributed by atoms with Crippen LogP contribution in [0.1, 0.15) is 0 Å². The first-order chi connectivity index (χ1) is 13.5. The van der Waals surface area contributed by atoms with Crippen LogP contribution in [-0.2, 0) is 14.3 Å². The maximum absolute atomic E-state index is 12.0. The first kappa shape index (κ1) is 21.2. The monoisotopic (exact) mass is 409 g/mol. The minimum absolute atomic E-state index is 0.334. The van der Waals surface area contributed by atoms with Gasteiger partial charge in [-0.1, -0.05) is 11.6 Å². The Kier molecular flexibility index (Phi) is 7.76. The Balaban J connectivity index is 1.86. The maximum Gasteiger partial charge on any atom is 0.344 e. The molecule has 2 aromatic rings. The Hall–Kier alpha value is -3.13. The molecule has 0 saturated carbocycles. The van der Waals surface area contributed by atoms with Gasteiger partial charge in [0.15, 0.2) is 24.7 Å². The molecule has 9 heteroatoms. The molecule has 150 valence electrons. The topological polar surface area (TPSA) is 92.3 Å². The van der Waals surface area contributed by atoms with E-state index in [2.05, 4.69) is 5.32 Å². The molecule has 2 rings (SSSR count). The van der Waals surface area contributed by atoms with Crippen molar-refractivity contribution in [2.24, 2.45) is 0 Å². The number of anilines is 1. The average Bonchev–Trinajstić information content (AvgIpc) is 2.71. The zero-order valence-electron chi connectivity index (χ0n) is 15.6. The third kappa shape index (κ3) is 5.95. The normalized spacial score (nSPS) is 10.0. The van der Waals surface area contributed by atoms with Crippen molar-refractivity contribution in [3.05, 3.63) is 41.4 Å². The van der Waals surface area contributed by atoms with E-state index < -0.39 is 18.5 Å². The predicted octanol–water partition coefficient (Wildman–Crippen LogP) is 2.93. The molecule has 0 spiro atoms. The minimum atomic E-state index is -0.685. The van der Waals surface area contributed by atoms with Crippen molar-refractivity contribution in [1.29, 1.82) is 0 Å². The summed E-state index contributed by atoms with van der Waals surface area (Å²) < 4.78 is 25.8. The van der Waals surface area contributed by atoms with E-state index in [0.717, 1.165) is 0 Å². The number of ether oxygens (including phenoxy) is 5. The number of nitrogens with one attached hydrogen (secondary N) is 1. The van der Waals surface area contributed by atoms with Crippen molar-refractivity contribution in [2.45, 2.75) is 0 Å². The predicted molar refractivity (Wildman–Crippen MR) is 103 cm³/mol. The fourth-order valence-corrected chi connectivity index (χ4v) is 2.34. The number of benzene rings is 2. The van der Waals surface area contributed by atoms with E-state index in [1.807, 2.05) is 0 Å². The molecule has 0 heterocycles. The van der Waals surface area contributed by atoms with Gasteiger partial charge in [-0.3, -0.25) is 4.79 Å². The lowest BCUT2D eigenvalue weighted by Gasteiger charge is -2.14. The van der Waals surface area contributed by atoms with E-state index in [1.165, 1.54) is 21.3 Å². The Bertz CT molecular complexity index is 799. The lowest BCUT2D eigenvalue weighted by atomic mass is 10.2. The van der Waals surface area contributed by atoms with Gasteiger partial charge in [-0.25, -0.2) is 4.79 Å². The quantitative estimate of drug-likeness (QED) is 0.636. The second kappa shape index (κ2) is 10.3. The van der Waals surface area contributed by atoms with Crippen molar-refractivity contribution >= 4 is 29.2 Å². The Morgan fingerprint density at radius 1 is 0.929 bits per heavy atom. The van der Waals surface area contributed by atoms with Gasteiger partial charge in [0.05, 0.1) is 21.3 Å². The molecule has 0 radical (unpaired) electrons. The molecule has 28 heavy (non-hydrogen) atoms.